The first-order valence-electron chi connectivity index (χ1n) is 10.6. The van der Waals surface area contributed by atoms with Crippen LogP contribution in [0.1, 0.15) is 68.7 Å². The van der Waals surface area contributed by atoms with Crippen molar-refractivity contribution in [3.63, 3.8) is 0 Å². The van der Waals surface area contributed by atoms with Crippen LogP contribution in [-0.2, 0) is 10.7 Å². The normalized spacial score (nSPS) is 19.0. The topological polar surface area (TPSA) is 59.4 Å². The number of rotatable bonds is 5. The highest BCUT2D eigenvalue weighted by Gasteiger charge is 2.37. The summed E-state index contributed by atoms with van der Waals surface area (Å²) in [6.45, 7) is 14.4. The molecule has 0 bridgehead atoms. The Morgan fingerprint density at radius 1 is 1.07 bits per heavy atom. The molecule has 1 fully saturated rings. The van der Waals surface area contributed by atoms with E-state index in [4.69, 9.17) is 0 Å². The van der Waals surface area contributed by atoms with Crippen LogP contribution in [-0.4, -0.2) is 42.3 Å². The number of hydrogen-bond donors (Lipinski definition) is 1. The molecule has 1 aromatic heterocycles. The number of nitrogens with zero attached hydrogens (tertiary/aromatic N) is 2. The van der Waals surface area contributed by atoms with Gasteiger partial charge in [-0.05, 0) is 89.2 Å². The molecule has 0 saturated carbocycles. The van der Waals surface area contributed by atoms with Crippen LogP contribution in [0.15, 0.2) is 35.2 Å². The zero-order valence-electron chi connectivity index (χ0n) is 19.0. The fraction of sp³-hybridized carbons (Fsp3) is 0.542. The maximum atomic E-state index is 13.3. The molecule has 30 heavy (non-hydrogen) atoms. The number of benzene rings is 1. The minimum atomic E-state index is -2.59. The molecule has 0 aliphatic carbocycles. The average Bonchev–Trinajstić information content (AvgIpc) is 2.88. The van der Waals surface area contributed by atoms with Crippen LogP contribution in [0.25, 0.3) is 5.69 Å². The number of likely N-dealkylation sites (tertiary alicyclic amines) is 1. The maximum Gasteiger partial charge on any atom is 0.178 e. The summed E-state index contributed by atoms with van der Waals surface area (Å²) in [7, 11) is -2.59. The van der Waals surface area contributed by atoms with Crippen molar-refractivity contribution in [3.05, 3.63) is 47.3 Å². The second kappa shape index (κ2) is 8.31. The number of thiol groups is 1. The van der Waals surface area contributed by atoms with Crippen molar-refractivity contribution in [2.75, 3.05) is 13.1 Å². The molecule has 1 aromatic carbocycles. The van der Waals surface area contributed by atoms with Gasteiger partial charge >= 0.3 is 0 Å². The fourth-order valence-corrected chi connectivity index (χ4v) is 5.53. The highest BCUT2D eigenvalue weighted by atomic mass is 32.2. The van der Waals surface area contributed by atoms with E-state index in [1.165, 1.54) is 6.42 Å². The molecule has 2 heterocycles. The summed E-state index contributed by atoms with van der Waals surface area (Å²) in [6.07, 6.45) is 3.36. The quantitative estimate of drug-likeness (QED) is 0.559. The largest absolute Gasteiger partial charge is 0.318 e. The van der Waals surface area contributed by atoms with E-state index in [2.05, 4.69) is 32.6 Å². The van der Waals surface area contributed by atoms with Crippen molar-refractivity contribution < 1.29 is 13.2 Å². The van der Waals surface area contributed by atoms with E-state index in [1.807, 2.05) is 24.5 Å². The third kappa shape index (κ3) is 4.70. The van der Waals surface area contributed by atoms with E-state index < -0.39 is 10.7 Å². The van der Waals surface area contributed by atoms with Gasteiger partial charge in [0, 0.05) is 28.2 Å². The number of hydrogen-bond acceptors (Lipinski definition) is 4. The lowest BCUT2D eigenvalue weighted by molar-refractivity contribution is 0.0723. The summed E-state index contributed by atoms with van der Waals surface area (Å²) in [6, 6.07) is 8.73. The maximum absolute atomic E-state index is 13.3. The molecule has 0 spiro atoms. The fourth-order valence-electron chi connectivity index (χ4n) is 5.14. The molecule has 5 nitrogen and oxygen atoms in total. The molecule has 3 rings (SSSR count). The van der Waals surface area contributed by atoms with E-state index in [9.17, 15) is 13.2 Å². The van der Waals surface area contributed by atoms with Crippen LogP contribution in [0.4, 0.5) is 0 Å². The van der Waals surface area contributed by atoms with Crippen molar-refractivity contribution >= 4 is 16.5 Å². The molecular weight excluding hydrogens is 396 g/mol. The number of carbonyl (C=O) groups is 1. The molecule has 0 radical (unpaired) electrons. The zero-order valence-corrected chi connectivity index (χ0v) is 19.9. The molecule has 0 amide bonds. The standard InChI is InChI=1S/C24H34N2O3S/c1-17-14-21(18(2)26(17)19-8-10-20(11-9-19)30(28)29)22(27)15-25-13-7-12-23(3,4)16-24(25,5)6/h8-11,14,30H,7,12-13,15-16H2,1-6H3. The Kier molecular flexibility index (Phi) is 6.30. The van der Waals surface area contributed by atoms with Gasteiger partial charge < -0.3 is 4.57 Å². The van der Waals surface area contributed by atoms with Crippen LogP contribution >= 0.6 is 0 Å². The SMILES string of the molecule is Cc1cc(C(=O)CN2CCCC(C)(C)CC2(C)C)c(C)n1-c1ccc([SH](=O)=O)cc1. The average molecular weight is 431 g/mol. The summed E-state index contributed by atoms with van der Waals surface area (Å²) in [4.78, 5) is 15.9. The molecule has 2 aromatic rings. The van der Waals surface area contributed by atoms with Crippen molar-refractivity contribution in [2.45, 2.75) is 71.2 Å². The lowest BCUT2D eigenvalue weighted by atomic mass is 9.78. The molecule has 1 aliphatic rings. The highest BCUT2D eigenvalue weighted by molar-refractivity contribution is 7.72. The van der Waals surface area contributed by atoms with Crippen LogP contribution in [0, 0.1) is 19.3 Å². The van der Waals surface area contributed by atoms with Crippen molar-refractivity contribution in [1.82, 2.24) is 9.47 Å². The van der Waals surface area contributed by atoms with Crippen molar-refractivity contribution in [2.24, 2.45) is 5.41 Å². The summed E-state index contributed by atoms with van der Waals surface area (Å²) in [5.74, 6) is 0.140. The smallest absolute Gasteiger partial charge is 0.178 e. The van der Waals surface area contributed by atoms with E-state index in [0.717, 1.165) is 42.0 Å². The predicted octanol–water partition coefficient (Wildman–Crippen LogP) is 4.54. The Hall–Kier alpha value is -1.92. The Labute approximate surface area is 182 Å². The van der Waals surface area contributed by atoms with Crippen LogP contribution < -0.4 is 0 Å². The Morgan fingerprint density at radius 3 is 2.30 bits per heavy atom. The number of aromatic nitrogens is 1. The third-order valence-corrected chi connectivity index (χ3v) is 7.15. The van der Waals surface area contributed by atoms with E-state index in [-0.39, 0.29) is 16.7 Å². The molecule has 164 valence electrons. The predicted molar refractivity (Wildman–Crippen MR) is 121 cm³/mol. The van der Waals surface area contributed by atoms with E-state index in [0.29, 0.717) is 11.4 Å². The molecular formula is C24H34N2O3S. The molecule has 6 heteroatoms. The van der Waals surface area contributed by atoms with Gasteiger partial charge in [-0.2, -0.15) is 0 Å². The number of ketones is 1. The second-order valence-corrected chi connectivity index (χ2v) is 11.0. The zero-order chi connectivity index (χ0) is 22.3. The first kappa shape index (κ1) is 22.8. The van der Waals surface area contributed by atoms with Crippen LogP contribution in [0.5, 0.6) is 0 Å². The molecule has 1 saturated heterocycles. The van der Waals surface area contributed by atoms with Crippen LogP contribution in [0.2, 0.25) is 0 Å². The molecule has 0 N–H and O–H groups in total. The minimum absolute atomic E-state index is 0.0218. The van der Waals surface area contributed by atoms with Gasteiger partial charge in [0.05, 0.1) is 11.4 Å². The molecule has 0 atom stereocenters. The Bertz CT molecular complexity index is 1010. The molecule has 1 aliphatic heterocycles. The highest BCUT2D eigenvalue weighted by Crippen LogP contribution is 2.38. The van der Waals surface area contributed by atoms with E-state index in [1.54, 1.807) is 24.3 Å². The van der Waals surface area contributed by atoms with E-state index >= 15 is 0 Å². The Balaban J connectivity index is 1.86. The van der Waals surface area contributed by atoms with Gasteiger partial charge in [-0.25, -0.2) is 8.42 Å². The van der Waals surface area contributed by atoms with Crippen molar-refractivity contribution in [1.29, 1.82) is 0 Å². The lowest BCUT2D eigenvalue weighted by Crippen LogP contribution is -2.47. The van der Waals surface area contributed by atoms with Gasteiger partial charge in [-0.15, -0.1) is 0 Å². The van der Waals surface area contributed by atoms with Gasteiger partial charge in [-0.3, -0.25) is 9.69 Å². The first-order valence-corrected chi connectivity index (χ1v) is 11.8. The monoisotopic (exact) mass is 430 g/mol. The first-order chi connectivity index (χ1) is 13.9. The van der Waals surface area contributed by atoms with Crippen LogP contribution in [0.3, 0.4) is 0 Å². The van der Waals surface area contributed by atoms with Gasteiger partial charge in [0.25, 0.3) is 0 Å². The lowest BCUT2D eigenvalue weighted by Gasteiger charge is -2.40. The van der Waals surface area contributed by atoms with Crippen molar-refractivity contribution in [3.8, 4) is 5.69 Å². The number of aryl methyl sites for hydroxylation is 1. The summed E-state index contributed by atoms with van der Waals surface area (Å²) in [5.41, 5.74) is 3.73. The van der Waals surface area contributed by atoms with Gasteiger partial charge in [0.2, 0.25) is 0 Å². The number of Topliss-reactive ketones (excluding diaryl/α,β-unsaturated/α-hetero) is 1. The Morgan fingerprint density at radius 2 is 1.70 bits per heavy atom. The van der Waals surface area contributed by atoms with Gasteiger partial charge in [0.1, 0.15) is 0 Å². The summed E-state index contributed by atoms with van der Waals surface area (Å²) >= 11 is 0. The second-order valence-electron chi connectivity index (χ2n) is 10.00. The number of carbonyl (C=O) groups excluding carboxylic acids is 1. The summed E-state index contributed by atoms with van der Waals surface area (Å²) < 4.78 is 24.3. The summed E-state index contributed by atoms with van der Waals surface area (Å²) in [5, 5.41) is 0. The van der Waals surface area contributed by atoms with Gasteiger partial charge in [-0.1, -0.05) is 13.8 Å². The molecule has 0 unspecified atom stereocenters. The van der Waals surface area contributed by atoms with Gasteiger partial charge in [0.15, 0.2) is 16.5 Å². The third-order valence-electron chi connectivity index (χ3n) is 6.43. The minimum Gasteiger partial charge on any atom is -0.318 e.